The molecule has 0 aromatic heterocycles. The molecule has 0 radical (unpaired) electrons. The first-order valence-electron chi connectivity index (χ1n) is 9.68. The predicted octanol–water partition coefficient (Wildman–Crippen LogP) is 5.88. The third-order valence-electron chi connectivity index (χ3n) is 5.52. The van der Waals surface area contributed by atoms with Crippen LogP contribution in [-0.4, -0.2) is 7.11 Å². The van der Waals surface area contributed by atoms with Crippen LogP contribution >= 0.6 is 17.2 Å². The minimum absolute atomic E-state index is 0.731. The Bertz CT molecular complexity index is 965. The van der Waals surface area contributed by atoms with Crippen LogP contribution in [0.1, 0.15) is 5.56 Å². The van der Waals surface area contributed by atoms with Crippen molar-refractivity contribution in [2.75, 3.05) is 7.11 Å². The summed E-state index contributed by atoms with van der Waals surface area (Å²) < 4.78 is 5.36. The van der Waals surface area contributed by atoms with Crippen LogP contribution in [0.4, 0.5) is 0 Å². The number of methoxy groups -OCH3 is 1. The second-order valence-electron chi connectivity index (χ2n) is 7.20. The normalized spacial score (nSPS) is 12.7. The number of ether oxygens (including phenoxy) is 1. The summed E-state index contributed by atoms with van der Waals surface area (Å²) >= 11 is 8.08. The summed E-state index contributed by atoms with van der Waals surface area (Å²) in [6.45, 7) is 0. The number of hydrogen-bond donors (Lipinski definition) is 0. The number of benzene rings is 4. The van der Waals surface area contributed by atoms with E-state index in [-0.39, 0.29) is 0 Å². The molecular weight excluding hydrogens is 395 g/mol. The topological polar surface area (TPSA) is 9.23 Å². The van der Waals surface area contributed by atoms with Crippen LogP contribution in [0.5, 0.6) is 5.75 Å². The van der Waals surface area contributed by atoms with Gasteiger partial charge in [-0.2, -0.15) is 0 Å². The molecule has 4 aromatic carbocycles. The molecule has 0 fully saturated rings. The van der Waals surface area contributed by atoms with Gasteiger partial charge in [0.2, 0.25) is 0 Å². The van der Waals surface area contributed by atoms with E-state index >= 15 is 0 Å². The first kappa shape index (κ1) is 19.7. The van der Waals surface area contributed by atoms with Crippen molar-refractivity contribution in [2.24, 2.45) is 0 Å². The molecule has 1 nitrogen and oxygen atoms in total. The molecule has 0 unspecified atom stereocenters. The van der Waals surface area contributed by atoms with Gasteiger partial charge < -0.3 is 0 Å². The van der Waals surface area contributed by atoms with Crippen molar-refractivity contribution in [2.45, 2.75) is 6.16 Å². The number of hydrogen-bond acceptors (Lipinski definition) is 1. The van der Waals surface area contributed by atoms with Gasteiger partial charge >= 0.3 is 178 Å². The van der Waals surface area contributed by atoms with E-state index in [1.54, 1.807) is 7.11 Å². The molecule has 4 aromatic rings. The van der Waals surface area contributed by atoms with Gasteiger partial charge in [-0.1, -0.05) is 0 Å². The van der Waals surface area contributed by atoms with Gasteiger partial charge in [-0.05, 0) is 0 Å². The van der Waals surface area contributed by atoms with Crippen LogP contribution in [0.3, 0.4) is 0 Å². The average molecular weight is 419 g/mol. The molecule has 0 saturated heterocycles. The monoisotopic (exact) mass is 418 g/mol. The number of rotatable bonds is 6. The van der Waals surface area contributed by atoms with Crippen LogP contribution in [-0.2, 0) is 6.16 Å². The third-order valence-corrected chi connectivity index (χ3v) is 12.7. The standard InChI is InChI=1S/C26H24ClOP/c1-28-23-19-17-22(18-20-23)21-29(27,24-11-5-2-6-12-24,25-13-7-3-8-14-25)26-15-9-4-10-16-26/h2-20H,21H2,1H3. The van der Waals surface area contributed by atoms with Crippen molar-refractivity contribution < 1.29 is 4.74 Å². The van der Waals surface area contributed by atoms with Crippen LogP contribution in [0.25, 0.3) is 0 Å². The maximum absolute atomic E-state index is 8.08. The van der Waals surface area contributed by atoms with Crippen LogP contribution in [0, 0.1) is 0 Å². The average Bonchev–Trinajstić information content (AvgIpc) is 2.81. The minimum atomic E-state index is -3.28. The van der Waals surface area contributed by atoms with Crippen LogP contribution < -0.4 is 20.7 Å². The van der Waals surface area contributed by atoms with E-state index in [0.717, 1.165) is 11.9 Å². The molecule has 0 aliphatic heterocycles. The van der Waals surface area contributed by atoms with Crippen molar-refractivity contribution in [1.82, 2.24) is 0 Å². The molecule has 146 valence electrons. The number of halogens is 1. The van der Waals surface area contributed by atoms with E-state index in [2.05, 4.69) is 84.9 Å². The van der Waals surface area contributed by atoms with E-state index < -0.39 is 5.96 Å². The quantitative estimate of drug-likeness (QED) is 0.355. The Morgan fingerprint density at radius 3 is 1.31 bits per heavy atom. The SMILES string of the molecule is COc1ccc(CP(Cl)(c2ccccc2)(c2ccccc2)c2ccccc2)cc1. The Morgan fingerprint density at radius 2 is 0.966 bits per heavy atom. The van der Waals surface area contributed by atoms with Gasteiger partial charge in [-0.3, -0.25) is 0 Å². The Labute approximate surface area is 177 Å². The molecule has 0 N–H and O–H groups in total. The fraction of sp³-hybridized carbons (Fsp3) is 0.0769. The second kappa shape index (κ2) is 8.03. The Kier molecular flexibility index (Phi) is 5.46. The van der Waals surface area contributed by atoms with Gasteiger partial charge in [0.15, 0.2) is 0 Å². The van der Waals surface area contributed by atoms with E-state index in [1.165, 1.54) is 21.5 Å². The van der Waals surface area contributed by atoms with Gasteiger partial charge in [0, 0.05) is 0 Å². The molecule has 4 rings (SSSR count). The Balaban J connectivity index is 2.03. The molecule has 3 heteroatoms. The molecule has 0 aliphatic rings. The zero-order valence-electron chi connectivity index (χ0n) is 16.4. The summed E-state index contributed by atoms with van der Waals surface area (Å²) in [5.41, 5.74) is 1.19. The summed E-state index contributed by atoms with van der Waals surface area (Å²) in [5, 5.41) is 3.52. The predicted molar refractivity (Wildman–Crippen MR) is 128 cm³/mol. The van der Waals surface area contributed by atoms with Crippen molar-refractivity contribution >= 4 is 33.1 Å². The van der Waals surface area contributed by atoms with Crippen molar-refractivity contribution in [3.63, 3.8) is 0 Å². The van der Waals surface area contributed by atoms with E-state index in [1.807, 2.05) is 30.3 Å². The van der Waals surface area contributed by atoms with Gasteiger partial charge in [0.1, 0.15) is 0 Å². The van der Waals surface area contributed by atoms with Gasteiger partial charge in [0.05, 0.1) is 0 Å². The Hall–Kier alpha value is -2.60. The van der Waals surface area contributed by atoms with Crippen molar-refractivity contribution in [3.8, 4) is 5.75 Å². The molecule has 29 heavy (non-hydrogen) atoms. The van der Waals surface area contributed by atoms with Gasteiger partial charge in [-0.15, -0.1) is 0 Å². The van der Waals surface area contributed by atoms with Gasteiger partial charge in [0.25, 0.3) is 0 Å². The first-order chi connectivity index (χ1) is 14.1. The molecule has 0 aliphatic carbocycles. The van der Waals surface area contributed by atoms with Crippen molar-refractivity contribution in [3.05, 3.63) is 121 Å². The molecule has 0 spiro atoms. The fourth-order valence-corrected chi connectivity index (χ4v) is 10.2. The van der Waals surface area contributed by atoms with E-state index in [0.29, 0.717) is 0 Å². The molecule has 0 saturated carbocycles. The van der Waals surface area contributed by atoms with Gasteiger partial charge in [-0.25, -0.2) is 0 Å². The molecule has 0 atom stereocenters. The molecule has 0 heterocycles. The van der Waals surface area contributed by atoms with Crippen LogP contribution in [0.15, 0.2) is 115 Å². The van der Waals surface area contributed by atoms with Crippen molar-refractivity contribution in [1.29, 1.82) is 0 Å². The fourth-order valence-electron chi connectivity index (χ4n) is 4.01. The van der Waals surface area contributed by atoms with E-state index in [9.17, 15) is 0 Å². The molecular formula is C26H24ClOP. The summed E-state index contributed by atoms with van der Waals surface area (Å²) in [6, 6.07) is 39.9. The summed E-state index contributed by atoms with van der Waals surface area (Å²) in [7, 11) is 1.69. The second-order valence-corrected chi connectivity index (χ2v) is 13.7. The van der Waals surface area contributed by atoms with E-state index in [4.69, 9.17) is 16.0 Å². The maximum atomic E-state index is 8.08. The summed E-state index contributed by atoms with van der Waals surface area (Å²) in [4.78, 5) is 0. The summed E-state index contributed by atoms with van der Waals surface area (Å²) in [6.07, 6.45) is 0.731. The summed E-state index contributed by atoms with van der Waals surface area (Å²) in [5.74, 6) is -2.43. The van der Waals surface area contributed by atoms with Crippen LogP contribution in [0.2, 0.25) is 0 Å². The molecule has 0 bridgehead atoms. The Morgan fingerprint density at radius 1 is 0.586 bits per heavy atom. The zero-order valence-corrected chi connectivity index (χ0v) is 18.1. The third kappa shape index (κ3) is 3.46. The zero-order chi connectivity index (χ0) is 20.2. The molecule has 0 amide bonds. The first-order valence-corrected chi connectivity index (χ1v) is 13.0.